The fourth-order valence-corrected chi connectivity index (χ4v) is 1.17. The highest BCUT2D eigenvalue weighted by atomic mass is 14.9. The van der Waals surface area contributed by atoms with Crippen LogP contribution in [-0.4, -0.2) is 0 Å². The Morgan fingerprint density at radius 3 is 2.80 bits per heavy atom. The molecule has 0 N–H and O–H groups in total. The quantitative estimate of drug-likeness (QED) is 0.475. The predicted molar refractivity (Wildman–Crippen MR) is 41.4 cm³/mol. The van der Waals surface area contributed by atoms with Crippen molar-refractivity contribution in [1.82, 2.24) is 5.32 Å². The molecule has 1 heteroatoms. The third-order valence-corrected chi connectivity index (χ3v) is 1.75. The van der Waals surface area contributed by atoms with Crippen LogP contribution < -0.4 is 15.8 Å². The van der Waals surface area contributed by atoms with Crippen LogP contribution in [0.1, 0.15) is 6.92 Å². The SMILES string of the molecule is CC1=c2ccccc2=C[N]1. The summed E-state index contributed by atoms with van der Waals surface area (Å²) in [5.41, 5.74) is 1.12. The molecule has 1 aliphatic rings. The van der Waals surface area contributed by atoms with Gasteiger partial charge in [0.25, 0.3) is 0 Å². The van der Waals surface area contributed by atoms with Gasteiger partial charge in [-0.2, -0.15) is 0 Å². The number of hydrogen-bond donors (Lipinski definition) is 0. The molecule has 0 unspecified atom stereocenters. The molecule has 0 saturated carbocycles. The van der Waals surface area contributed by atoms with Crippen LogP contribution in [-0.2, 0) is 0 Å². The van der Waals surface area contributed by atoms with Gasteiger partial charge < -0.3 is 0 Å². The first-order valence-electron chi connectivity index (χ1n) is 3.35. The highest BCUT2D eigenvalue weighted by Gasteiger charge is 1.97. The second-order valence-electron chi connectivity index (χ2n) is 2.43. The third-order valence-electron chi connectivity index (χ3n) is 1.75. The minimum Gasteiger partial charge on any atom is -0.260 e. The maximum absolute atomic E-state index is 4.20. The van der Waals surface area contributed by atoms with Crippen LogP contribution in [0, 0.1) is 0 Å². The van der Waals surface area contributed by atoms with Gasteiger partial charge in [0.1, 0.15) is 0 Å². The Hall–Kier alpha value is -1.24. The summed E-state index contributed by atoms with van der Waals surface area (Å²) >= 11 is 0. The number of nitrogens with zero attached hydrogens (tertiary/aromatic N) is 1. The van der Waals surface area contributed by atoms with Gasteiger partial charge in [-0.1, -0.05) is 24.3 Å². The van der Waals surface area contributed by atoms with Gasteiger partial charge in [-0.25, -0.2) is 0 Å². The van der Waals surface area contributed by atoms with Crippen molar-refractivity contribution in [3.8, 4) is 0 Å². The smallest absolute Gasteiger partial charge is 0.0451 e. The molecule has 0 saturated heterocycles. The summed E-state index contributed by atoms with van der Waals surface area (Å²) in [6, 6.07) is 8.24. The Morgan fingerprint density at radius 2 is 2.00 bits per heavy atom. The second kappa shape index (κ2) is 1.87. The van der Waals surface area contributed by atoms with E-state index in [2.05, 4.69) is 17.4 Å². The highest BCUT2D eigenvalue weighted by Crippen LogP contribution is 1.89. The Balaban J connectivity index is 2.96. The van der Waals surface area contributed by atoms with E-state index in [1.807, 2.05) is 25.3 Å². The predicted octanol–water partition coefficient (Wildman–Crippen LogP) is 0.171. The molecule has 1 nitrogen and oxygen atoms in total. The van der Waals surface area contributed by atoms with E-state index in [1.54, 1.807) is 0 Å². The van der Waals surface area contributed by atoms with Gasteiger partial charge in [0.15, 0.2) is 0 Å². The summed E-state index contributed by atoms with van der Waals surface area (Å²) in [5.74, 6) is 0. The van der Waals surface area contributed by atoms with Crippen molar-refractivity contribution in [2.45, 2.75) is 6.92 Å². The van der Waals surface area contributed by atoms with Crippen LogP contribution in [0.4, 0.5) is 0 Å². The molecule has 2 rings (SSSR count). The van der Waals surface area contributed by atoms with Gasteiger partial charge in [-0.3, -0.25) is 5.32 Å². The summed E-state index contributed by atoms with van der Waals surface area (Å²) < 4.78 is 0. The maximum Gasteiger partial charge on any atom is 0.0451 e. The van der Waals surface area contributed by atoms with E-state index < -0.39 is 0 Å². The zero-order chi connectivity index (χ0) is 6.97. The minimum absolute atomic E-state index is 1.12. The third kappa shape index (κ3) is 0.637. The Bertz CT molecular complexity index is 363. The van der Waals surface area contributed by atoms with E-state index in [0.29, 0.717) is 0 Å². The van der Waals surface area contributed by atoms with Gasteiger partial charge in [0, 0.05) is 22.3 Å². The summed E-state index contributed by atoms with van der Waals surface area (Å²) in [6.45, 7) is 2.03. The monoisotopic (exact) mass is 130 g/mol. The first kappa shape index (κ1) is 5.54. The molecule has 0 amide bonds. The van der Waals surface area contributed by atoms with Gasteiger partial charge >= 0.3 is 0 Å². The molecule has 1 aromatic carbocycles. The second-order valence-corrected chi connectivity index (χ2v) is 2.43. The summed E-state index contributed by atoms with van der Waals surface area (Å²) in [4.78, 5) is 0. The van der Waals surface area contributed by atoms with Crippen molar-refractivity contribution < 1.29 is 0 Å². The Kier molecular flexibility index (Phi) is 1.04. The fourth-order valence-electron chi connectivity index (χ4n) is 1.17. The molecule has 0 atom stereocenters. The van der Waals surface area contributed by atoms with E-state index in [9.17, 15) is 0 Å². The van der Waals surface area contributed by atoms with E-state index in [1.165, 1.54) is 10.4 Å². The van der Waals surface area contributed by atoms with Crippen molar-refractivity contribution in [1.29, 1.82) is 0 Å². The maximum atomic E-state index is 4.20. The number of hydrogen-bond acceptors (Lipinski definition) is 0. The van der Waals surface area contributed by atoms with Gasteiger partial charge in [-0.15, -0.1) is 0 Å². The van der Waals surface area contributed by atoms with Crippen LogP contribution in [0.2, 0.25) is 0 Å². The summed E-state index contributed by atoms with van der Waals surface area (Å²) in [5, 5.41) is 6.70. The van der Waals surface area contributed by atoms with Crippen LogP contribution >= 0.6 is 0 Å². The van der Waals surface area contributed by atoms with E-state index in [0.717, 1.165) is 5.70 Å². The molecule has 0 aromatic heterocycles. The van der Waals surface area contributed by atoms with Crippen molar-refractivity contribution in [2.75, 3.05) is 0 Å². The zero-order valence-electron chi connectivity index (χ0n) is 5.83. The zero-order valence-corrected chi connectivity index (χ0v) is 5.83. The molecule has 10 heavy (non-hydrogen) atoms. The first-order chi connectivity index (χ1) is 4.88. The molecule has 1 aliphatic heterocycles. The lowest BCUT2D eigenvalue weighted by Crippen LogP contribution is -2.21. The van der Waals surface area contributed by atoms with Crippen LogP contribution in [0.5, 0.6) is 0 Å². The summed E-state index contributed by atoms with van der Waals surface area (Å²) in [6.07, 6.45) is 1.91. The van der Waals surface area contributed by atoms with Gasteiger partial charge in [0.05, 0.1) is 0 Å². The number of benzene rings is 1. The Labute approximate surface area is 59.7 Å². The van der Waals surface area contributed by atoms with E-state index >= 15 is 0 Å². The molecule has 0 spiro atoms. The topological polar surface area (TPSA) is 14.1 Å². The average Bonchev–Trinajstić information content (AvgIpc) is 2.34. The number of rotatable bonds is 0. The number of fused-ring (bicyclic) bond motifs is 1. The van der Waals surface area contributed by atoms with E-state index in [4.69, 9.17) is 0 Å². The normalized spacial score (nSPS) is 13.9. The van der Waals surface area contributed by atoms with Crippen LogP contribution in [0.3, 0.4) is 0 Å². The largest absolute Gasteiger partial charge is 0.260 e. The minimum atomic E-state index is 1.12. The molecular formula is C9H8N. The highest BCUT2D eigenvalue weighted by molar-refractivity contribution is 5.52. The molecular weight excluding hydrogens is 122 g/mol. The van der Waals surface area contributed by atoms with Gasteiger partial charge in [0.2, 0.25) is 0 Å². The molecule has 0 aliphatic carbocycles. The lowest BCUT2D eigenvalue weighted by Gasteiger charge is -1.85. The van der Waals surface area contributed by atoms with Crippen molar-refractivity contribution in [2.24, 2.45) is 0 Å². The van der Waals surface area contributed by atoms with Gasteiger partial charge in [-0.05, 0) is 6.92 Å². The van der Waals surface area contributed by atoms with E-state index in [-0.39, 0.29) is 0 Å². The fraction of sp³-hybridized carbons (Fsp3) is 0.111. The molecule has 49 valence electrons. The molecule has 1 heterocycles. The van der Waals surface area contributed by atoms with Crippen molar-refractivity contribution in [3.05, 3.63) is 34.7 Å². The van der Waals surface area contributed by atoms with Crippen molar-refractivity contribution >= 4 is 11.9 Å². The van der Waals surface area contributed by atoms with Crippen molar-refractivity contribution in [3.63, 3.8) is 0 Å². The van der Waals surface area contributed by atoms with Crippen LogP contribution in [0.15, 0.2) is 24.3 Å². The van der Waals surface area contributed by atoms with Crippen LogP contribution in [0.25, 0.3) is 11.9 Å². The lowest BCUT2D eigenvalue weighted by molar-refractivity contribution is 1.27. The average molecular weight is 130 g/mol. The standard InChI is InChI=1S/C9H8N/c1-7-9-5-3-2-4-8(9)6-10-7/h2-6H,1H3. The first-order valence-corrected chi connectivity index (χ1v) is 3.35. The molecule has 1 radical (unpaired) electrons. The molecule has 1 aromatic rings. The molecule has 0 fully saturated rings. The lowest BCUT2D eigenvalue weighted by atomic mass is 10.2. The molecule has 0 bridgehead atoms. The summed E-state index contributed by atoms with van der Waals surface area (Å²) in [7, 11) is 0. The Morgan fingerprint density at radius 1 is 1.20 bits per heavy atom.